The van der Waals surface area contributed by atoms with Gasteiger partial charge in [0.1, 0.15) is 0 Å². The van der Waals surface area contributed by atoms with Gasteiger partial charge in [-0.2, -0.15) is 0 Å². The van der Waals surface area contributed by atoms with E-state index in [0.717, 1.165) is 11.1 Å². The van der Waals surface area contributed by atoms with E-state index in [1.807, 2.05) is 24.3 Å². The molecule has 19 heavy (non-hydrogen) atoms. The zero-order chi connectivity index (χ0) is 13.8. The van der Waals surface area contributed by atoms with Crippen molar-refractivity contribution >= 4 is 11.9 Å². The highest BCUT2D eigenvalue weighted by Crippen LogP contribution is 2.20. The van der Waals surface area contributed by atoms with Crippen LogP contribution in [0.5, 0.6) is 0 Å². The summed E-state index contributed by atoms with van der Waals surface area (Å²) < 4.78 is 4.63. The minimum absolute atomic E-state index is 0.365. The maximum absolute atomic E-state index is 11.3. The monoisotopic (exact) mass is 255 g/mol. The van der Waals surface area contributed by atoms with Gasteiger partial charge in [0.15, 0.2) is 0 Å². The van der Waals surface area contributed by atoms with Gasteiger partial charge in [0.05, 0.1) is 12.7 Å². The molecule has 2 rings (SSSR count). The lowest BCUT2D eigenvalue weighted by molar-refractivity contribution is 0.0600. The van der Waals surface area contributed by atoms with Crippen molar-refractivity contribution in [2.24, 2.45) is 5.73 Å². The summed E-state index contributed by atoms with van der Waals surface area (Å²) in [4.78, 5) is 22.3. The van der Waals surface area contributed by atoms with E-state index in [2.05, 4.69) is 4.74 Å². The third kappa shape index (κ3) is 2.80. The van der Waals surface area contributed by atoms with Gasteiger partial charge < -0.3 is 10.5 Å². The number of benzene rings is 2. The third-order valence-corrected chi connectivity index (χ3v) is 2.81. The molecule has 1 amide bonds. The highest BCUT2D eigenvalue weighted by Gasteiger charge is 2.06. The molecule has 0 saturated carbocycles. The van der Waals surface area contributed by atoms with Gasteiger partial charge in [0, 0.05) is 5.56 Å². The van der Waals surface area contributed by atoms with E-state index in [4.69, 9.17) is 5.73 Å². The Morgan fingerprint density at radius 1 is 0.842 bits per heavy atom. The molecule has 0 spiro atoms. The van der Waals surface area contributed by atoms with Crippen molar-refractivity contribution < 1.29 is 14.3 Å². The van der Waals surface area contributed by atoms with Gasteiger partial charge in [-0.1, -0.05) is 24.3 Å². The predicted molar refractivity (Wildman–Crippen MR) is 71.7 cm³/mol. The molecule has 0 heterocycles. The minimum Gasteiger partial charge on any atom is -0.465 e. The molecule has 2 aromatic rings. The first-order valence-corrected chi connectivity index (χ1v) is 5.70. The van der Waals surface area contributed by atoms with Gasteiger partial charge in [-0.3, -0.25) is 4.79 Å². The number of carbonyl (C=O) groups is 2. The Balaban J connectivity index is 2.27. The van der Waals surface area contributed by atoms with E-state index in [1.165, 1.54) is 7.11 Å². The average Bonchev–Trinajstić information content (AvgIpc) is 2.46. The topological polar surface area (TPSA) is 69.4 Å². The van der Waals surface area contributed by atoms with Crippen molar-refractivity contribution in [1.29, 1.82) is 0 Å². The molecule has 0 aromatic heterocycles. The van der Waals surface area contributed by atoms with Crippen LogP contribution in [0, 0.1) is 0 Å². The van der Waals surface area contributed by atoms with Gasteiger partial charge >= 0.3 is 5.97 Å². The van der Waals surface area contributed by atoms with E-state index in [0.29, 0.717) is 11.1 Å². The lowest BCUT2D eigenvalue weighted by Gasteiger charge is -2.04. The number of hydrogen-bond acceptors (Lipinski definition) is 3. The molecule has 4 heteroatoms. The number of rotatable bonds is 3. The van der Waals surface area contributed by atoms with Crippen molar-refractivity contribution in [3.05, 3.63) is 59.7 Å². The maximum Gasteiger partial charge on any atom is 0.337 e. The molecule has 0 saturated heterocycles. The van der Waals surface area contributed by atoms with Gasteiger partial charge in [-0.15, -0.1) is 0 Å². The Hall–Kier alpha value is -2.62. The Bertz CT molecular complexity index is 600. The van der Waals surface area contributed by atoms with Crippen LogP contribution in [0.2, 0.25) is 0 Å². The quantitative estimate of drug-likeness (QED) is 0.855. The zero-order valence-electron chi connectivity index (χ0n) is 10.4. The minimum atomic E-state index is -0.451. The Morgan fingerprint density at radius 2 is 1.26 bits per heavy atom. The van der Waals surface area contributed by atoms with Crippen LogP contribution >= 0.6 is 0 Å². The lowest BCUT2D eigenvalue weighted by Crippen LogP contribution is -2.10. The third-order valence-electron chi connectivity index (χ3n) is 2.81. The van der Waals surface area contributed by atoms with Crippen molar-refractivity contribution in [1.82, 2.24) is 0 Å². The average molecular weight is 255 g/mol. The lowest BCUT2D eigenvalue weighted by atomic mass is 10.0. The highest BCUT2D eigenvalue weighted by molar-refractivity contribution is 5.93. The van der Waals surface area contributed by atoms with E-state index in [-0.39, 0.29) is 5.97 Å². The van der Waals surface area contributed by atoms with E-state index < -0.39 is 5.91 Å². The Morgan fingerprint density at radius 3 is 1.63 bits per heavy atom. The second-order valence-electron chi connectivity index (χ2n) is 4.01. The second-order valence-corrected chi connectivity index (χ2v) is 4.01. The van der Waals surface area contributed by atoms with Crippen LogP contribution < -0.4 is 5.73 Å². The van der Waals surface area contributed by atoms with Crippen molar-refractivity contribution in [2.45, 2.75) is 0 Å². The van der Waals surface area contributed by atoms with Crippen LogP contribution in [0.4, 0.5) is 0 Å². The summed E-state index contributed by atoms with van der Waals surface area (Å²) >= 11 is 0. The van der Waals surface area contributed by atoms with Crippen molar-refractivity contribution in [2.75, 3.05) is 7.11 Å². The molecule has 0 aliphatic carbocycles. The van der Waals surface area contributed by atoms with Crippen molar-refractivity contribution in [3.63, 3.8) is 0 Å². The molecule has 0 fully saturated rings. The van der Waals surface area contributed by atoms with E-state index in [9.17, 15) is 9.59 Å². The van der Waals surface area contributed by atoms with Gasteiger partial charge in [-0.25, -0.2) is 4.79 Å². The summed E-state index contributed by atoms with van der Waals surface area (Å²) in [6.45, 7) is 0. The molecule has 96 valence electrons. The van der Waals surface area contributed by atoms with Crippen molar-refractivity contribution in [3.8, 4) is 11.1 Å². The fraction of sp³-hybridized carbons (Fsp3) is 0.0667. The SMILES string of the molecule is COC(=O)c1ccc(-c2ccc(C(N)=O)cc2)cc1. The van der Waals surface area contributed by atoms with Gasteiger partial charge in [0.2, 0.25) is 5.91 Å². The molecule has 0 radical (unpaired) electrons. The first-order chi connectivity index (χ1) is 9.11. The molecule has 0 aliphatic rings. The smallest absolute Gasteiger partial charge is 0.337 e. The van der Waals surface area contributed by atoms with Crippen LogP contribution in [0.25, 0.3) is 11.1 Å². The Kier molecular flexibility index (Phi) is 3.61. The summed E-state index contributed by atoms with van der Waals surface area (Å²) in [5, 5.41) is 0. The van der Waals surface area contributed by atoms with Crippen LogP contribution in [0.1, 0.15) is 20.7 Å². The van der Waals surface area contributed by atoms with Crippen LogP contribution in [-0.4, -0.2) is 19.0 Å². The van der Waals surface area contributed by atoms with Gasteiger partial charge in [-0.05, 0) is 35.4 Å². The standard InChI is InChI=1S/C15H13NO3/c1-19-15(18)13-8-4-11(5-9-13)10-2-6-12(7-3-10)14(16)17/h2-9H,1H3,(H2,16,17). The summed E-state index contributed by atoms with van der Waals surface area (Å²) in [5.41, 5.74) is 8.04. The normalized spacial score (nSPS) is 9.95. The number of esters is 1. The molecule has 0 bridgehead atoms. The number of primary amides is 1. The largest absolute Gasteiger partial charge is 0.465 e. The van der Waals surface area contributed by atoms with Crippen LogP contribution in [0.15, 0.2) is 48.5 Å². The maximum atomic E-state index is 11.3. The molecular formula is C15H13NO3. The highest BCUT2D eigenvalue weighted by atomic mass is 16.5. The molecule has 4 nitrogen and oxygen atoms in total. The second kappa shape index (κ2) is 5.35. The van der Waals surface area contributed by atoms with Gasteiger partial charge in [0.25, 0.3) is 0 Å². The summed E-state index contributed by atoms with van der Waals surface area (Å²) in [5.74, 6) is -0.816. The number of carbonyl (C=O) groups excluding carboxylic acids is 2. The number of ether oxygens (including phenoxy) is 1. The number of methoxy groups -OCH3 is 1. The van der Waals surface area contributed by atoms with E-state index in [1.54, 1.807) is 24.3 Å². The first-order valence-electron chi connectivity index (χ1n) is 5.70. The predicted octanol–water partition coefficient (Wildman–Crippen LogP) is 2.24. The first kappa shape index (κ1) is 12.8. The van der Waals surface area contributed by atoms with E-state index >= 15 is 0 Å². The fourth-order valence-electron chi connectivity index (χ4n) is 1.74. The van der Waals surface area contributed by atoms with Crippen LogP contribution in [0.3, 0.4) is 0 Å². The Labute approximate surface area is 110 Å². The number of nitrogens with two attached hydrogens (primary N) is 1. The zero-order valence-corrected chi connectivity index (χ0v) is 10.4. The summed E-state index contributed by atoms with van der Waals surface area (Å²) in [6.07, 6.45) is 0. The number of amides is 1. The molecule has 0 unspecified atom stereocenters. The number of hydrogen-bond donors (Lipinski definition) is 1. The fourth-order valence-corrected chi connectivity index (χ4v) is 1.74. The molecule has 0 aliphatic heterocycles. The molecule has 2 N–H and O–H groups in total. The summed E-state index contributed by atoms with van der Waals surface area (Å²) in [7, 11) is 1.35. The molecule has 0 atom stereocenters. The summed E-state index contributed by atoms with van der Waals surface area (Å²) in [6, 6.07) is 14.0. The molecule has 2 aromatic carbocycles. The molecular weight excluding hydrogens is 242 g/mol. The van der Waals surface area contributed by atoms with Crippen LogP contribution in [-0.2, 0) is 4.74 Å².